The standard InChI is InChI=1S/C75H64O24/c1-45(76)89-64-61(96-71(83)52-38-22-8-23-39-52)58(94-69(81)50-34-18-6-19-35-50)56(43-87-66(78)47-28-12-3-13-29-47)92-75(64)98-60-57(93-68(80)49-32-16-5-17-33-49)54(42-86-65(77)46-26-10-2-11-27-46)91-73(85)62(60)99-74-63(97-72(84)53-40-24-9-25-41-53)59(95-70(82)51-36-20-7-21-37-51)55(44-88-74)90-67(79)48-30-14-4-15-31-48/h2-41,54-64,73-75,85H,42-44H2,1H3/t54-,55-,56-,57-,58-,59+,60+,61+,62+,63-,64+,73+,74+,75-/m1/s1. The van der Waals surface area contributed by atoms with Crippen LogP contribution in [0.2, 0.25) is 0 Å². The van der Waals surface area contributed by atoms with Crippen LogP contribution in [0.3, 0.4) is 0 Å². The van der Waals surface area contributed by atoms with Crippen LogP contribution < -0.4 is 0 Å². The number of esters is 9. The van der Waals surface area contributed by atoms with Crippen LogP contribution in [0.4, 0.5) is 0 Å². The van der Waals surface area contributed by atoms with Gasteiger partial charge < -0.3 is 71.4 Å². The molecule has 24 nitrogen and oxygen atoms in total. The van der Waals surface area contributed by atoms with Gasteiger partial charge in [-0.05, 0) is 97.1 Å². The number of aliphatic hydroxyl groups excluding tert-OH is 1. The summed E-state index contributed by atoms with van der Waals surface area (Å²) in [5.74, 6) is -9.05. The van der Waals surface area contributed by atoms with E-state index in [9.17, 15) is 48.3 Å². The lowest BCUT2D eigenvalue weighted by Crippen LogP contribution is -2.68. The Kier molecular flexibility index (Phi) is 23.1. The quantitative estimate of drug-likeness (QED) is 0.0463. The van der Waals surface area contributed by atoms with Crippen LogP contribution in [0, 0.1) is 0 Å². The van der Waals surface area contributed by atoms with E-state index in [1.807, 2.05) is 0 Å². The molecule has 0 unspecified atom stereocenters. The predicted octanol–water partition coefficient (Wildman–Crippen LogP) is 8.55. The first-order chi connectivity index (χ1) is 48.1. The number of hydrogen-bond acceptors (Lipinski definition) is 24. The van der Waals surface area contributed by atoms with Gasteiger partial charge in [0.15, 0.2) is 61.6 Å². The van der Waals surface area contributed by atoms with Crippen molar-refractivity contribution in [3.63, 3.8) is 0 Å². The maximum atomic E-state index is 14.8. The van der Waals surface area contributed by atoms with Crippen LogP contribution in [-0.2, 0) is 71.1 Å². The van der Waals surface area contributed by atoms with E-state index in [-0.39, 0.29) is 44.5 Å². The van der Waals surface area contributed by atoms with E-state index in [1.165, 1.54) is 133 Å². The van der Waals surface area contributed by atoms with Crippen molar-refractivity contribution in [1.82, 2.24) is 0 Å². The minimum absolute atomic E-state index is 0.00199. The molecule has 0 bridgehead atoms. The van der Waals surface area contributed by atoms with Crippen LogP contribution in [0.1, 0.15) is 89.8 Å². The van der Waals surface area contributed by atoms with E-state index in [4.69, 9.17) is 66.3 Å². The molecule has 3 fully saturated rings. The summed E-state index contributed by atoms with van der Waals surface area (Å²) in [5.41, 5.74) is 0.0347. The van der Waals surface area contributed by atoms with Crippen molar-refractivity contribution in [1.29, 1.82) is 0 Å². The van der Waals surface area contributed by atoms with Crippen LogP contribution in [0.15, 0.2) is 243 Å². The second-order valence-corrected chi connectivity index (χ2v) is 22.5. The van der Waals surface area contributed by atoms with Gasteiger partial charge >= 0.3 is 53.7 Å². The molecule has 8 aromatic rings. The summed E-state index contributed by atoms with van der Waals surface area (Å²) in [4.78, 5) is 128. The van der Waals surface area contributed by atoms with Crippen molar-refractivity contribution in [2.45, 2.75) is 92.9 Å². The molecule has 8 aromatic carbocycles. The zero-order chi connectivity index (χ0) is 69.2. The second-order valence-electron chi connectivity index (χ2n) is 22.5. The fraction of sp³-hybridized carbons (Fsp3) is 0.240. The fourth-order valence-corrected chi connectivity index (χ4v) is 11.0. The van der Waals surface area contributed by atoms with Gasteiger partial charge in [-0.3, -0.25) is 4.79 Å². The number of carbonyl (C=O) groups is 9. The van der Waals surface area contributed by atoms with Crippen molar-refractivity contribution in [3.05, 3.63) is 287 Å². The van der Waals surface area contributed by atoms with E-state index >= 15 is 0 Å². The Labute approximate surface area is 566 Å². The summed E-state index contributed by atoms with van der Waals surface area (Å²) >= 11 is 0. The van der Waals surface area contributed by atoms with Gasteiger partial charge in [0.25, 0.3) is 0 Å². The normalized spacial score (nSPS) is 24.0. The highest BCUT2D eigenvalue weighted by atomic mass is 16.8. The molecule has 99 heavy (non-hydrogen) atoms. The Bertz CT molecular complexity index is 4040. The molecule has 1 N–H and O–H groups in total. The van der Waals surface area contributed by atoms with Crippen molar-refractivity contribution in [3.8, 4) is 0 Å². The molecular formula is C75H64O24. The van der Waals surface area contributed by atoms with Crippen molar-refractivity contribution in [2.75, 3.05) is 19.8 Å². The highest BCUT2D eigenvalue weighted by molar-refractivity contribution is 5.93. The smallest absolute Gasteiger partial charge is 0.338 e. The highest BCUT2D eigenvalue weighted by Crippen LogP contribution is 2.38. The zero-order valence-electron chi connectivity index (χ0n) is 52.6. The molecule has 24 heteroatoms. The number of benzene rings is 8. The summed E-state index contributed by atoms with van der Waals surface area (Å²) in [7, 11) is 0. The van der Waals surface area contributed by atoms with Crippen molar-refractivity contribution >= 4 is 53.7 Å². The lowest BCUT2D eigenvalue weighted by molar-refractivity contribution is -0.380. The molecule has 0 aromatic heterocycles. The molecule has 0 radical (unpaired) electrons. The average molecular weight is 1350 g/mol. The van der Waals surface area contributed by atoms with E-state index in [0.717, 1.165) is 6.92 Å². The maximum absolute atomic E-state index is 14.8. The fourth-order valence-electron chi connectivity index (χ4n) is 11.0. The Morgan fingerprint density at radius 2 is 0.596 bits per heavy atom. The van der Waals surface area contributed by atoms with E-state index in [0.29, 0.717) is 0 Å². The van der Waals surface area contributed by atoms with Gasteiger partial charge in [-0.1, -0.05) is 146 Å². The SMILES string of the molecule is CC(=O)O[C@@H]1[C@@H](O[C@@H]2[C@H](O[C@@H]3OC[C@@H](OC(=O)c4ccccc4)[C@H](OC(=O)c4ccccc4)[C@H]3OC(=O)c3ccccc3)[C@@H](O)O[C@H](COC(=O)c3ccccc3)[C@H]2OC(=O)c2ccccc2)O[C@H](COC(=O)c2ccccc2)[C@@H](OC(=O)c2ccccc2)[C@@H]1OC(=O)c1ccccc1. The van der Waals surface area contributed by atoms with Gasteiger partial charge in [-0.2, -0.15) is 0 Å². The summed E-state index contributed by atoms with van der Waals surface area (Å²) < 4.78 is 88.1. The van der Waals surface area contributed by atoms with E-state index in [1.54, 1.807) is 109 Å². The topological polar surface area (TPSA) is 303 Å². The molecule has 3 saturated heterocycles. The average Bonchev–Trinajstić information content (AvgIpc) is 0.763. The molecule has 11 rings (SSSR count). The van der Waals surface area contributed by atoms with E-state index in [2.05, 4.69) is 0 Å². The maximum Gasteiger partial charge on any atom is 0.338 e. The van der Waals surface area contributed by atoms with Gasteiger partial charge in [0, 0.05) is 6.92 Å². The number of rotatable bonds is 23. The highest BCUT2D eigenvalue weighted by Gasteiger charge is 2.59. The summed E-state index contributed by atoms with van der Waals surface area (Å²) in [5, 5.41) is 12.8. The molecule has 14 atom stereocenters. The molecule has 0 saturated carbocycles. The van der Waals surface area contributed by atoms with Crippen LogP contribution in [0.25, 0.3) is 0 Å². The molecule has 508 valence electrons. The molecular weight excluding hydrogens is 1280 g/mol. The van der Waals surface area contributed by atoms with Gasteiger partial charge in [-0.15, -0.1) is 0 Å². The third kappa shape index (κ3) is 17.7. The number of carbonyl (C=O) groups excluding carboxylic acids is 9. The predicted molar refractivity (Wildman–Crippen MR) is 342 cm³/mol. The monoisotopic (exact) mass is 1350 g/mol. The van der Waals surface area contributed by atoms with Crippen LogP contribution in [-0.4, -0.2) is 165 Å². The first-order valence-electron chi connectivity index (χ1n) is 31.2. The minimum Gasteiger partial charge on any atom is -0.459 e. The molecule has 0 aliphatic carbocycles. The first-order valence-corrected chi connectivity index (χ1v) is 31.2. The first kappa shape index (κ1) is 69.1. The Morgan fingerprint density at radius 1 is 0.313 bits per heavy atom. The van der Waals surface area contributed by atoms with Gasteiger partial charge in [-0.25, -0.2) is 38.4 Å². The third-order valence-electron chi connectivity index (χ3n) is 15.8. The minimum atomic E-state index is -2.36. The molecule has 0 spiro atoms. The van der Waals surface area contributed by atoms with Gasteiger partial charge in [0.1, 0.15) is 37.6 Å². The Balaban J connectivity index is 1.05. The zero-order valence-corrected chi connectivity index (χ0v) is 52.6. The second kappa shape index (κ2) is 33.1. The molecule has 3 heterocycles. The van der Waals surface area contributed by atoms with Crippen molar-refractivity contribution < 1.29 is 115 Å². The summed E-state index contributed by atoms with van der Waals surface area (Å²) in [6.45, 7) is -1.38. The molecule has 3 aliphatic rings. The largest absolute Gasteiger partial charge is 0.459 e. The number of hydrogen-bond donors (Lipinski definition) is 1. The Morgan fingerprint density at radius 3 is 0.960 bits per heavy atom. The number of aliphatic hydroxyl groups is 1. The summed E-state index contributed by atoms with van der Waals surface area (Å²) in [6, 6.07) is 60.9. The molecule has 0 amide bonds. The summed E-state index contributed by atoms with van der Waals surface area (Å²) in [6.07, 6.45) is -28.0. The lowest BCUT2D eigenvalue weighted by Gasteiger charge is -2.49. The lowest BCUT2D eigenvalue weighted by atomic mass is 9.95. The van der Waals surface area contributed by atoms with E-state index < -0.39 is 160 Å². The van der Waals surface area contributed by atoms with Crippen LogP contribution >= 0.6 is 0 Å². The van der Waals surface area contributed by atoms with Crippen LogP contribution in [0.5, 0.6) is 0 Å². The van der Waals surface area contributed by atoms with Gasteiger partial charge in [0.2, 0.25) is 0 Å². The molecule has 3 aliphatic heterocycles. The number of ether oxygens (including phenoxy) is 14. The van der Waals surface area contributed by atoms with Crippen molar-refractivity contribution in [2.24, 2.45) is 0 Å². The van der Waals surface area contributed by atoms with Gasteiger partial charge in [0.05, 0.1) is 51.1 Å². The Hall–Kier alpha value is -11.3. The third-order valence-corrected chi connectivity index (χ3v) is 15.8.